The molecule has 1 N–H and O–H groups in total. The number of anilines is 1. The molecular weight excluding hydrogens is 576 g/mol. The Morgan fingerprint density at radius 3 is 2.54 bits per heavy atom. The van der Waals surface area contributed by atoms with Crippen LogP contribution in [0, 0.1) is 5.92 Å². The Morgan fingerprint density at radius 1 is 1.15 bits per heavy atom. The highest BCUT2D eigenvalue weighted by molar-refractivity contribution is 6.36. The van der Waals surface area contributed by atoms with Crippen LogP contribution < -0.4 is 10.2 Å². The van der Waals surface area contributed by atoms with Crippen molar-refractivity contribution in [2.75, 3.05) is 18.0 Å². The van der Waals surface area contributed by atoms with Crippen LogP contribution in [0.1, 0.15) is 50.6 Å². The number of piperidine rings is 1. The summed E-state index contributed by atoms with van der Waals surface area (Å²) in [6.07, 6.45) is -3.97. The van der Waals surface area contributed by atoms with Gasteiger partial charge in [-0.05, 0) is 62.9 Å². The highest BCUT2D eigenvalue weighted by Gasteiger charge is 2.42. The Hall–Kier alpha value is -2.36. The minimum Gasteiger partial charge on any atom is -0.444 e. The number of nitrogens with one attached hydrogen (secondary N) is 1. The van der Waals surface area contributed by atoms with Crippen LogP contribution in [0.2, 0.25) is 15.1 Å². The Morgan fingerprint density at radius 2 is 1.87 bits per heavy atom. The molecule has 1 fully saturated rings. The summed E-state index contributed by atoms with van der Waals surface area (Å²) >= 11 is 19.7. The summed E-state index contributed by atoms with van der Waals surface area (Å²) in [5.74, 6) is -0.743. The van der Waals surface area contributed by atoms with Crippen LogP contribution in [0.3, 0.4) is 0 Å². The van der Waals surface area contributed by atoms with Gasteiger partial charge in [-0.15, -0.1) is 0 Å². The number of halogens is 6. The van der Waals surface area contributed by atoms with Gasteiger partial charge < -0.3 is 19.5 Å². The third-order valence-electron chi connectivity index (χ3n) is 6.69. The topological polar surface area (TPSA) is 59.4 Å². The third kappa shape index (κ3) is 6.87. The van der Waals surface area contributed by atoms with Gasteiger partial charge in [0, 0.05) is 38.1 Å². The number of aryl methyl sites for hydroxylation is 1. The first-order chi connectivity index (χ1) is 18.1. The van der Waals surface area contributed by atoms with E-state index in [0.29, 0.717) is 56.2 Å². The molecule has 12 heteroatoms. The lowest BCUT2D eigenvalue weighted by Gasteiger charge is -2.35. The standard InChI is InChI=1S/C27H30Cl3F3N4O2/c1-26(2,3)39-25(38)34-13-15-7-8-18(28)17(24(15)30)10-23-35-20-11-19(29)21(12-22(20)36(23)4)37-9-5-6-16(14-37)27(31,32)33/h7-8,11-12,16H,5-6,9-10,13-14H2,1-4H3,(H,34,38). The number of nitrogens with zero attached hydrogens (tertiary/aromatic N) is 3. The van der Waals surface area contributed by atoms with Gasteiger partial charge in [0.25, 0.3) is 0 Å². The van der Waals surface area contributed by atoms with E-state index in [1.165, 1.54) is 0 Å². The molecule has 0 radical (unpaired) electrons. The molecule has 1 aromatic heterocycles. The van der Waals surface area contributed by atoms with Gasteiger partial charge in [0.2, 0.25) is 0 Å². The van der Waals surface area contributed by atoms with E-state index in [1.807, 2.05) is 11.6 Å². The Kier molecular flexibility index (Phi) is 8.55. The predicted molar refractivity (Wildman–Crippen MR) is 149 cm³/mol. The molecule has 0 spiro atoms. The zero-order valence-corrected chi connectivity index (χ0v) is 24.3. The number of ether oxygens (including phenoxy) is 1. The highest BCUT2D eigenvalue weighted by Crippen LogP contribution is 2.39. The van der Waals surface area contributed by atoms with Crippen molar-refractivity contribution >= 4 is 57.6 Å². The molecule has 0 bridgehead atoms. The van der Waals surface area contributed by atoms with Gasteiger partial charge in [-0.3, -0.25) is 0 Å². The monoisotopic (exact) mass is 604 g/mol. The molecule has 3 aromatic rings. The Bertz CT molecular complexity index is 1390. The first kappa shape index (κ1) is 29.6. The molecule has 4 rings (SSSR count). The average molecular weight is 606 g/mol. The van der Waals surface area contributed by atoms with Gasteiger partial charge in [-0.2, -0.15) is 13.2 Å². The van der Waals surface area contributed by atoms with Gasteiger partial charge in [0.1, 0.15) is 11.4 Å². The summed E-state index contributed by atoms with van der Waals surface area (Å²) < 4.78 is 47.3. The molecule has 212 valence electrons. The molecule has 0 aliphatic carbocycles. The fourth-order valence-electron chi connectivity index (χ4n) is 4.70. The van der Waals surface area contributed by atoms with Crippen LogP contribution in [-0.4, -0.2) is 40.5 Å². The second-order valence-corrected chi connectivity index (χ2v) is 11.9. The van der Waals surface area contributed by atoms with Crippen molar-refractivity contribution in [3.63, 3.8) is 0 Å². The fourth-order valence-corrected chi connectivity index (χ4v) is 5.55. The second kappa shape index (κ2) is 11.3. The van der Waals surface area contributed by atoms with Crippen LogP contribution in [-0.2, 0) is 24.8 Å². The number of alkyl halides is 3. The van der Waals surface area contributed by atoms with Gasteiger partial charge in [0.15, 0.2) is 0 Å². The maximum Gasteiger partial charge on any atom is 0.407 e. The zero-order valence-electron chi connectivity index (χ0n) is 22.1. The van der Waals surface area contributed by atoms with Crippen molar-refractivity contribution in [3.8, 4) is 0 Å². The lowest BCUT2D eigenvalue weighted by molar-refractivity contribution is -0.175. The van der Waals surface area contributed by atoms with Crippen molar-refractivity contribution in [3.05, 3.63) is 56.3 Å². The first-order valence-electron chi connectivity index (χ1n) is 12.5. The lowest BCUT2D eigenvalue weighted by Crippen LogP contribution is -2.41. The van der Waals surface area contributed by atoms with Crippen molar-refractivity contribution in [2.24, 2.45) is 13.0 Å². The van der Waals surface area contributed by atoms with E-state index in [9.17, 15) is 18.0 Å². The molecule has 1 amide bonds. The predicted octanol–water partition coefficient (Wildman–Crippen LogP) is 7.93. The van der Waals surface area contributed by atoms with Gasteiger partial charge in [-0.1, -0.05) is 40.9 Å². The van der Waals surface area contributed by atoms with Crippen LogP contribution in [0.15, 0.2) is 24.3 Å². The van der Waals surface area contributed by atoms with E-state index < -0.39 is 23.8 Å². The van der Waals surface area contributed by atoms with Crippen LogP contribution in [0.5, 0.6) is 0 Å². The molecule has 1 atom stereocenters. The number of amides is 1. The van der Waals surface area contributed by atoms with E-state index >= 15 is 0 Å². The van der Waals surface area contributed by atoms with E-state index in [1.54, 1.807) is 49.9 Å². The Balaban J connectivity index is 1.59. The summed E-state index contributed by atoms with van der Waals surface area (Å²) in [6.45, 7) is 5.84. The number of carbonyl (C=O) groups is 1. The van der Waals surface area contributed by atoms with Crippen molar-refractivity contribution in [2.45, 2.75) is 58.4 Å². The van der Waals surface area contributed by atoms with E-state index in [-0.39, 0.29) is 25.9 Å². The minimum atomic E-state index is -4.25. The number of alkyl carbamates (subject to hydrolysis) is 1. The van der Waals surface area contributed by atoms with Crippen LogP contribution in [0.25, 0.3) is 11.0 Å². The van der Waals surface area contributed by atoms with E-state index in [4.69, 9.17) is 44.5 Å². The zero-order chi connectivity index (χ0) is 28.7. The summed E-state index contributed by atoms with van der Waals surface area (Å²) in [7, 11) is 1.83. The number of rotatable bonds is 5. The van der Waals surface area contributed by atoms with Crippen LogP contribution >= 0.6 is 34.8 Å². The number of aromatic nitrogens is 2. The van der Waals surface area contributed by atoms with Crippen molar-refractivity contribution < 1.29 is 22.7 Å². The number of benzene rings is 2. The van der Waals surface area contributed by atoms with Crippen molar-refractivity contribution in [1.82, 2.24) is 14.9 Å². The van der Waals surface area contributed by atoms with Gasteiger partial charge >= 0.3 is 12.3 Å². The molecule has 0 saturated carbocycles. The molecular formula is C27H30Cl3F3N4O2. The minimum absolute atomic E-state index is 0.115. The average Bonchev–Trinajstić information content (AvgIpc) is 3.13. The normalized spacial score (nSPS) is 16.6. The van der Waals surface area contributed by atoms with E-state index in [0.717, 1.165) is 5.52 Å². The third-order valence-corrected chi connectivity index (χ3v) is 7.82. The highest BCUT2D eigenvalue weighted by atomic mass is 35.5. The SMILES string of the molecule is Cn1c(Cc2c(Cl)ccc(CNC(=O)OC(C)(C)C)c2Cl)nc2cc(Cl)c(N3CCCC(C(F)(F)F)C3)cc21. The number of hydrogen-bond donors (Lipinski definition) is 1. The summed E-state index contributed by atoms with van der Waals surface area (Å²) in [6, 6.07) is 6.91. The molecule has 1 aliphatic rings. The summed E-state index contributed by atoms with van der Waals surface area (Å²) in [5.41, 5.74) is 2.56. The second-order valence-electron chi connectivity index (χ2n) is 10.7. The molecule has 6 nitrogen and oxygen atoms in total. The first-order valence-corrected chi connectivity index (χ1v) is 13.7. The number of hydrogen-bond acceptors (Lipinski definition) is 4. The summed E-state index contributed by atoms with van der Waals surface area (Å²) in [4.78, 5) is 18.5. The van der Waals surface area contributed by atoms with Crippen molar-refractivity contribution in [1.29, 1.82) is 0 Å². The number of carbonyl (C=O) groups excluding carboxylic acids is 1. The lowest BCUT2D eigenvalue weighted by atomic mass is 9.97. The number of imidazole rings is 1. The number of fused-ring (bicyclic) bond motifs is 1. The maximum atomic E-state index is 13.4. The molecule has 39 heavy (non-hydrogen) atoms. The quantitative estimate of drug-likeness (QED) is 0.321. The molecule has 2 aromatic carbocycles. The summed E-state index contributed by atoms with van der Waals surface area (Å²) in [5, 5.41) is 3.89. The molecule has 1 aliphatic heterocycles. The smallest absolute Gasteiger partial charge is 0.407 e. The fraction of sp³-hybridized carbons (Fsp3) is 0.481. The van der Waals surface area contributed by atoms with Gasteiger partial charge in [-0.25, -0.2) is 9.78 Å². The molecule has 1 saturated heterocycles. The van der Waals surface area contributed by atoms with Crippen LogP contribution in [0.4, 0.5) is 23.7 Å². The molecule has 2 heterocycles. The van der Waals surface area contributed by atoms with Gasteiger partial charge in [0.05, 0.1) is 32.7 Å². The maximum absolute atomic E-state index is 13.4. The van der Waals surface area contributed by atoms with E-state index in [2.05, 4.69) is 5.32 Å². The molecule has 1 unspecified atom stereocenters. The largest absolute Gasteiger partial charge is 0.444 e. The Labute approximate surface area is 240 Å².